The van der Waals surface area contributed by atoms with Gasteiger partial charge in [0.25, 0.3) is 0 Å². The van der Waals surface area contributed by atoms with Crippen molar-refractivity contribution in [1.29, 1.82) is 0 Å². The largest absolute Gasteiger partial charge is 0.352 e. The van der Waals surface area contributed by atoms with E-state index in [9.17, 15) is 9.59 Å². The molecule has 2 fully saturated rings. The van der Waals surface area contributed by atoms with E-state index in [1.165, 1.54) is 19.3 Å². The molecule has 0 bridgehead atoms. The Bertz CT molecular complexity index is 679. The third-order valence-electron chi connectivity index (χ3n) is 6.33. The second-order valence-corrected chi connectivity index (χ2v) is 8.39. The van der Waals surface area contributed by atoms with Crippen molar-refractivity contribution >= 4 is 17.5 Å². The number of anilines is 1. The Morgan fingerprint density at radius 2 is 1.76 bits per heavy atom. The summed E-state index contributed by atoms with van der Waals surface area (Å²) in [6, 6.07) is 8.21. The average molecular weight is 401 g/mol. The van der Waals surface area contributed by atoms with Gasteiger partial charge in [-0.2, -0.15) is 0 Å². The number of benzene rings is 1. The highest BCUT2D eigenvalue weighted by Crippen LogP contribution is 2.18. The van der Waals surface area contributed by atoms with Crippen molar-refractivity contribution in [3.63, 3.8) is 0 Å². The lowest BCUT2D eigenvalue weighted by atomic mass is 9.95. The molecule has 6 nitrogen and oxygen atoms in total. The third-order valence-corrected chi connectivity index (χ3v) is 6.33. The molecule has 2 amide bonds. The van der Waals surface area contributed by atoms with Gasteiger partial charge in [0.1, 0.15) is 0 Å². The van der Waals surface area contributed by atoms with Crippen LogP contribution in [0.25, 0.3) is 0 Å². The fourth-order valence-corrected chi connectivity index (χ4v) is 4.39. The van der Waals surface area contributed by atoms with Gasteiger partial charge in [0.05, 0.1) is 12.6 Å². The minimum atomic E-state index is -0.107. The van der Waals surface area contributed by atoms with Crippen LogP contribution in [-0.2, 0) is 16.0 Å². The summed E-state index contributed by atoms with van der Waals surface area (Å²) in [7, 11) is 0. The van der Waals surface area contributed by atoms with Crippen molar-refractivity contribution < 1.29 is 9.59 Å². The van der Waals surface area contributed by atoms with Crippen LogP contribution in [0.1, 0.15) is 51.5 Å². The number of nitrogens with zero attached hydrogens (tertiary/aromatic N) is 2. The Balaban J connectivity index is 1.41. The maximum atomic E-state index is 12.6. The zero-order chi connectivity index (χ0) is 20.6. The third kappa shape index (κ3) is 6.28. The Morgan fingerprint density at radius 3 is 2.45 bits per heavy atom. The number of piperazine rings is 1. The van der Waals surface area contributed by atoms with E-state index in [0.717, 1.165) is 56.7 Å². The topological polar surface area (TPSA) is 64.7 Å². The van der Waals surface area contributed by atoms with Crippen LogP contribution < -0.4 is 10.6 Å². The summed E-state index contributed by atoms with van der Waals surface area (Å²) in [4.78, 5) is 29.5. The van der Waals surface area contributed by atoms with E-state index in [4.69, 9.17) is 0 Å². The van der Waals surface area contributed by atoms with E-state index in [1.54, 1.807) is 0 Å². The lowest BCUT2D eigenvalue weighted by Gasteiger charge is -2.37. The number of carbonyl (C=O) groups is 2. The van der Waals surface area contributed by atoms with Crippen molar-refractivity contribution in [1.82, 2.24) is 15.1 Å². The van der Waals surface area contributed by atoms with Gasteiger partial charge in [-0.1, -0.05) is 44.4 Å². The summed E-state index contributed by atoms with van der Waals surface area (Å²) >= 11 is 0. The van der Waals surface area contributed by atoms with Gasteiger partial charge in [-0.15, -0.1) is 0 Å². The molecule has 1 saturated heterocycles. The van der Waals surface area contributed by atoms with Crippen LogP contribution in [0.3, 0.4) is 0 Å². The molecule has 29 heavy (non-hydrogen) atoms. The van der Waals surface area contributed by atoms with Gasteiger partial charge in [-0.3, -0.25) is 19.4 Å². The highest BCUT2D eigenvalue weighted by Gasteiger charge is 2.27. The molecule has 1 unspecified atom stereocenters. The van der Waals surface area contributed by atoms with E-state index in [1.807, 2.05) is 31.2 Å². The van der Waals surface area contributed by atoms with Crippen molar-refractivity contribution in [2.75, 3.05) is 38.0 Å². The van der Waals surface area contributed by atoms with Gasteiger partial charge >= 0.3 is 0 Å². The van der Waals surface area contributed by atoms with Crippen molar-refractivity contribution in [3.05, 3.63) is 29.8 Å². The lowest BCUT2D eigenvalue weighted by Crippen LogP contribution is -2.55. The number of para-hydroxylation sites is 1. The summed E-state index contributed by atoms with van der Waals surface area (Å²) in [6.45, 7) is 7.75. The smallest absolute Gasteiger partial charge is 0.238 e. The molecule has 1 atom stereocenters. The Morgan fingerprint density at radius 1 is 1.07 bits per heavy atom. The molecule has 1 aliphatic carbocycles. The van der Waals surface area contributed by atoms with Gasteiger partial charge in [0.2, 0.25) is 11.8 Å². The normalized spacial score (nSPS) is 20.2. The quantitative estimate of drug-likeness (QED) is 0.739. The van der Waals surface area contributed by atoms with Crippen LogP contribution in [0, 0.1) is 0 Å². The molecule has 3 rings (SSSR count). The summed E-state index contributed by atoms with van der Waals surface area (Å²) in [6.07, 6.45) is 6.87. The monoisotopic (exact) mass is 400 g/mol. The molecule has 2 aliphatic rings. The Kier molecular flexibility index (Phi) is 8.07. The first kappa shape index (κ1) is 21.8. The Labute approximate surface area is 175 Å². The molecule has 160 valence electrons. The molecule has 2 N–H and O–H groups in total. The molecule has 1 aromatic carbocycles. The average Bonchev–Trinajstić information content (AvgIpc) is 2.75. The first-order chi connectivity index (χ1) is 14.1. The van der Waals surface area contributed by atoms with E-state index >= 15 is 0 Å². The molecule has 0 aromatic heterocycles. The summed E-state index contributed by atoms with van der Waals surface area (Å²) in [5, 5.41) is 6.29. The van der Waals surface area contributed by atoms with Crippen molar-refractivity contribution in [3.8, 4) is 0 Å². The summed E-state index contributed by atoms with van der Waals surface area (Å²) in [5.41, 5.74) is 2.06. The number of nitrogens with one attached hydrogen (secondary N) is 2. The second-order valence-electron chi connectivity index (χ2n) is 8.39. The SMILES string of the molecule is CCc1ccccc1NC(=O)CN1CCN(C(C)C(=O)NC2CCCCC2)CC1. The van der Waals surface area contributed by atoms with Gasteiger partial charge in [0, 0.05) is 37.9 Å². The molecule has 0 spiro atoms. The molecule has 6 heteroatoms. The van der Waals surface area contributed by atoms with Crippen LogP contribution in [0.5, 0.6) is 0 Å². The number of hydrogen-bond acceptors (Lipinski definition) is 4. The molecule has 1 heterocycles. The highest BCUT2D eigenvalue weighted by molar-refractivity contribution is 5.93. The lowest BCUT2D eigenvalue weighted by molar-refractivity contribution is -0.128. The first-order valence-corrected chi connectivity index (χ1v) is 11.2. The number of rotatable bonds is 7. The minimum Gasteiger partial charge on any atom is -0.352 e. The number of carbonyl (C=O) groups excluding carboxylic acids is 2. The van der Waals surface area contributed by atoms with Crippen molar-refractivity contribution in [2.45, 2.75) is 64.5 Å². The molecule has 1 aromatic rings. The van der Waals surface area contributed by atoms with Gasteiger partial charge < -0.3 is 10.6 Å². The Hall–Kier alpha value is -1.92. The first-order valence-electron chi connectivity index (χ1n) is 11.2. The van der Waals surface area contributed by atoms with E-state index in [0.29, 0.717) is 12.6 Å². The van der Waals surface area contributed by atoms with Crippen LogP contribution >= 0.6 is 0 Å². The molecular weight excluding hydrogens is 364 g/mol. The van der Waals surface area contributed by atoms with E-state index < -0.39 is 0 Å². The fourth-order valence-electron chi connectivity index (χ4n) is 4.39. The standard InChI is InChI=1S/C23H36N4O2/c1-3-19-9-7-8-12-21(19)25-22(28)17-26-13-15-27(16-14-26)18(2)23(29)24-20-10-5-4-6-11-20/h7-9,12,18,20H,3-6,10-11,13-17H2,1-2H3,(H,24,29)(H,25,28). The van der Waals surface area contributed by atoms with E-state index in [2.05, 4.69) is 27.4 Å². The predicted molar refractivity (Wildman–Crippen MR) is 117 cm³/mol. The number of amides is 2. The summed E-state index contributed by atoms with van der Waals surface area (Å²) < 4.78 is 0. The number of aryl methyl sites for hydroxylation is 1. The maximum absolute atomic E-state index is 12.6. The zero-order valence-electron chi connectivity index (χ0n) is 18.0. The van der Waals surface area contributed by atoms with Crippen LogP contribution in [-0.4, -0.2) is 66.4 Å². The molecular formula is C23H36N4O2. The van der Waals surface area contributed by atoms with Gasteiger partial charge in [-0.05, 0) is 37.8 Å². The van der Waals surface area contributed by atoms with Crippen LogP contribution in [0.4, 0.5) is 5.69 Å². The maximum Gasteiger partial charge on any atom is 0.238 e. The van der Waals surface area contributed by atoms with Crippen molar-refractivity contribution in [2.24, 2.45) is 0 Å². The number of hydrogen-bond donors (Lipinski definition) is 2. The fraction of sp³-hybridized carbons (Fsp3) is 0.652. The second kappa shape index (κ2) is 10.7. The van der Waals surface area contributed by atoms with Crippen LogP contribution in [0.15, 0.2) is 24.3 Å². The zero-order valence-corrected chi connectivity index (χ0v) is 18.0. The van der Waals surface area contributed by atoms with E-state index in [-0.39, 0.29) is 17.9 Å². The molecule has 1 aliphatic heterocycles. The predicted octanol–water partition coefficient (Wildman–Crippen LogP) is 2.64. The van der Waals surface area contributed by atoms with Gasteiger partial charge in [-0.25, -0.2) is 0 Å². The van der Waals surface area contributed by atoms with Crippen LogP contribution in [0.2, 0.25) is 0 Å². The minimum absolute atomic E-state index is 0.0300. The molecule has 1 saturated carbocycles. The summed E-state index contributed by atoms with van der Waals surface area (Å²) in [5.74, 6) is 0.182. The van der Waals surface area contributed by atoms with Gasteiger partial charge in [0.15, 0.2) is 0 Å². The molecule has 0 radical (unpaired) electrons. The highest BCUT2D eigenvalue weighted by atomic mass is 16.2.